The number of hydrogen-bond donors (Lipinski definition) is 0. The Morgan fingerprint density at radius 1 is 0.923 bits per heavy atom. The van der Waals surface area contributed by atoms with Crippen molar-refractivity contribution in [2.24, 2.45) is 0 Å². The van der Waals surface area contributed by atoms with Crippen LogP contribution in [0.3, 0.4) is 0 Å². The van der Waals surface area contributed by atoms with Crippen LogP contribution in [-0.2, 0) is 15.1 Å². The van der Waals surface area contributed by atoms with E-state index in [4.69, 9.17) is 4.74 Å². The lowest BCUT2D eigenvalue weighted by atomic mass is 9.86. The molecule has 1 unspecified atom stereocenters. The van der Waals surface area contributed by atoms with Gasteiger partial charge in [0.2, 0.25) is 0 Å². The molecule has 0 bridgehead atoms. The van der Waals surface area contributed by atoms with Gasteiger partial charge in [-0.2, -0.15) is 0 Å². The molecular weight excluding hydrogens is 329 g/mol. The number of halogens is 1. The minimum Gasteiger partial charge on any atom is -0.359 e. The zero-order valence-electron chi connectivity index (χ0n) is 14.6. The second kappa shape index (κ2) is 6.07. The van der Waals surface area contributed by atoms with Crippen LogP contribution in [0.1, 0.15) is 11.1 Å². The van der Waals surface area contributed by atoms with Crippen LogP contribution in [0.25, 0.3) is 11.1 Å². The number of benzene rings is 3. The van der Waals surface area contributed by atoms with Crippen LogP contribution < -0.4 is 4.90 Å². The van der Waals surface area contributed by atoms with Gasteiger partial charge in [0.15, 0.2) is 5.60 Å². The van der Waals surface area contributed by atoms with E-state index >= 15 is 0 Å². The molecule has 3 aromatic rings. The van der Waals surface area contributed by atoms with Crippen LogP contribution in [-0.4, -0.2) is 20.1 Å². The lowest BCUT2D eigenvalue weighted by Crippen LogP contribution is -2.41. The van der Waals surface area contributed by atoms with Gasteiger partial charge in [0.25, 0.3) is 5.91 Å². The average Bonchev–Trinajstić information content (AvgIpc) is 2.90. The second-order valence-corrected chi connectivity index (χ2v) is 6.35. The molecule has 0 saturated heterocycles. The standard InChI is InChI=1S/C22H18FNO2/c1-24-20-13-12-18(23)14-19(20)22(26-2,21(24)25)17-10-8-16(9-11-17)15-6-4-3-5-7-15/h3-14H,1-2H3. The van der Waals surface area contributed by atoms with Crippen molar-refractivity contribution < 1.29 is 13.9 Å². The van der Waals surface area contributed by atoms with Crippen molar-refractivity contribution in [3.63, 3.8) is 0 Å². The molecular formula is C22H18FNO2. The molecule has 3 aromatic carbocycles. The van der Waals surface area contributed by atoms with E-state index in [-0.39, 0.29) is 5.91 Å². The monoisotopic (exact) mass is 347 g/mol. The predicted molar refractivity (Wildman–Crippen MR) is 99.5 cm³/mol. The van der Waals surface area contributed by atoms with Crippen LogP contribution in [0.5, 0.6) is 0 Å². The van der Waals surface area contributed by atoms with Gasteiger partial charge in [-0.05, 0) is 34.9 Å². The zero-order valence-corrected chi connectivity index (χ0v) is 14.6. The summed E-state index contributed by atoms with van der Waals surface area (Å²) in [5.74, 6) is -0.623. The topological polar surface area (TPSA) is 29.5 Å². The first-order chi connectivity index (χ1) is 12.6. The number of carbonyl (C=O) groups excluding carboxylic acids is 1. The minimum atomic E-state index is -1.33. The number of fused-ring (bicyclic) bond motifs is 1. The summed E-state index contributed by atoms with van der Waals surface area (Å²) in [6.45, 7) is 0. The molecule has 0 spiro atoms. The number of ether oxygens (including phenoxy) is 1. The SMILES string of the molecule is COC1(c2ccc(-c3ccccc3)cc2)C(=O)N(C)c2ccc(F)cc21. The number of amides is 1. The van der Waals surface area contributed by atoms with Gasteiger partial charge in [-0.15, -0.1) is 0 Å². The van der Waals surface area contributed by atoms with Crippen molar-refractivity contribution in [2.75, 3.05) is 19.1 Å². The van der Waals surface area contributed by atoms with Crippen molar-refractivity contribution in [1.82, 2.24) is 0 Å². The lowest BCUT2D eigenvalue weighted by molar-refractivity contribution is -0.134. The van der Waals surface area contributed by atoms with Gasteiger partial charge in [0, 0.05) is 19.7 Å². The minimum absolute atomic E-state index is 0.229. The summed E-state index contributed by atoms with van der Waals surface area (Å²) in [4.78, 5) is 14.6. The maximum absolute atomic E-state index is 13.9. The molecule has 0 fully saturated rings. The molecule has 4 heteroatoms. The summed E-state index contributed by atoms with van der Waals surface area (Å²) in [6, 6.07) is 22.0. The fourth-order valence-electron chi connectivity index (χ4n) is 3.67. The number of rotatable bonds is 3. The molecule has 0 radical (unpaired) electrons. The highest BCUT2D eigenvalue weighted by Gasteiger charge is 2.52. The third kappa shape index (κ3) is 2.26. The highest BCUT2D eigenvalue weighted by Crippen LogP contribution is 2.46. The molecule has 0 aromatic heterocycles. The van der Waals surface area contributed by atoms with E-state index in [2.05, 4.69) is 0 Å². The van der Waals surface area contributed by atoms with Gasteiger partial charge in [-0.3, -0.25) is 4.79 Å². The van der Waals surface area contributed by atoms with E-state index in [9.17, 15) is 9.18 Å². The Hall–Kier alpha value is -2.98. The average molecular weight is 347 g/mol. The molecule has 0 aliphatic carbocycles. The maximum atomic E-state index is 13.9. The molecule has 0 N–H and O–H groups in total. The van der Waals surface area contributed by atoms with Gasteiger partial charge in [-0.25, -0.2) is 4.39 Å². The molecule has 1 aliphatic heterocycles. The summed E-state index contributed by atoms with van der Waals surface area (Å²) in [5.41, 5.74) is 2.67. The summed E-state index contributed by atoms with van der Waals surface area (Å²) in [6.07, 6.45) is 0. The van der Waals surface area contributed by atoms with E-state index in [1.54, 1.807) is 13.1 Å². The van der Waals surface area contributed by atoms with Crippen LogP contribution >= 0.6 is 0 Å². The normalized spacial score (nSPS) is 18.9. The Morgan fingerprint density at radius 3 is 2.23 bits per heavy atom. The van der Waals surface area contributed by atoms with Crippen molar-refractivity contribution in [2.45, 2.75) is 5.60 Å². The largest absolute Gasteiger partial charge is 0.359 e. The Balaban J connectivity index is 1.85. The van der Waals surface area contributed by atoms with Crippen LogP contribution in [0.2, 0.25) is 0 Å². The Labute approximate surface area is 151 Å². The third-order valence-corrected chi connectivity index (χ3v) is 5.01. The predicted octanol–water partition coefficient (Wildman–Crippen LogP) is 4.36. The molecule has 1 aliphatic rings. The van der Waals surface area contributed by atoms with Gasteiger partial charge < -0.3 is 9.64 Å². The van der Waals surface area contributed by atoms with E-state index in [0.717, 1.165) is 11.1 Å². The molecule has 130 valence electrons. The number of likely N-dealkylation sites (N-methyl/N-ethyl adjacent to an activating group) is 1. The number of methoxy groups -OCH3 is 1. The first-order valence-electron chi connectivity index (χ1n) is 8.37. The molecule has 26 heavy (non-hydrogen) atoms. The second-order valence-electron chi connectivity index (χ2n) is 6.35. The number of anilines is 1. The summed E-state index contributed by atoms with van der Waals surface area (Å²) >= 11 is 0. The highest BCUT2D eigenvalue weighted by atomic mass is 19.1. The van der Waals surface area contributed by atoms with Crippen molar-refractivity contribution in [3.8, 4) is 11.1 Å². The zero-order chi connectivity index (χ0) is 18.3. The van der Waals surface area contributed by atoms with Gasteiger partial charge in [0.05, 0.1) is 5.69 Å². The fraction of sp³-hybridized carbons (Fsp3) is 0.136. The third-order valence-electron chi connectivity index (χ3n) is 5.01. The van der Waals surface area contributed by atoms with E-state index in [1.807, 2.05) is 54.6 Å². The summed E-state index contributed by atoms with van der Waals surface area (Å²) < 4.78 is 19.6. The molecule has 3 nitrogen and oxygen atoms in total. The van der Waals surface area contributed by atoms with E-state index < -0.39 is 11.4 Å². The first kappa shape index (κ1) is 16.5. The van der Waals surface area contributed by atoms with Gasteiger partial charge in [-0.1, -0.05) is 54.6 Å². The van der Waals surface area contributed by atoms with Crippen molar-refractivity contribution in [3.05, 3.63) is 89.7 Å². The Morgan fingerprint density at radius 2 is 1.58 bits per heavy atom. The quantitative estimate of drug-likeness (QED) is 0.705. The molecule has 0 saturated carbocycles. The first-order valence-corrected chi connectivity index (χ1v) is 8.37. The fourth-order valence-corrected chi connectivity index (χ4v) is 3.67. The summed E-state index contributed by atoms with van der Waals surface area (Å²) in [5, 5.41) is 0. The van der Waals surface area contributed by atoms with Crippen molar-refractivity contribution in [1.29, 1.82) is 0 Å². The van der Waals surface area contributed by atoms with Crippen LogP contribution in [0.4, 0.5) is 10.1 Å². The molecule has 1 heterocycles. The number of nitrogens with zero attached hydrogens (tertiary/aromatic N) is 1. The van der Waals surface area contributed by atoms with Crippen LogP contribution in [0, 0.1) is 5.82 Å². The van der Waals surface area contributed by atoms with Gasteiger partial charge >= 0.3 is 0 Å². The van der Waals surface area contributed by atoms with Crippen LogP contribution in [0.15, 0.2) is 72.8 Å². The van der Waals surface area contributed by atoms with Crippen molar-refractivity contribution >= 4 is 11.6 Å². The van der Waals surface area contributed by atoms with Gasteiger partial charge in [0.1, 0.15) is 5.82 Å². The van der Waals surface area contributed by atoms with E-state index in [1.165, 1.54) is 24.1 Å². The summed E-state index contributed by atoms with van der Waals surface area (Å²) in [7, 11) is 3.16. The maximum Gasteiger partial charge on any atom is 0.268 e. The smallest absolute Gasteiger partial charge is 0.268 e. The molecule has 1 amide bonds. The molecule has 4 rings (SSSR count). The number of hydrogen-bond acceptors (Lipinski definition) is 2. The highest BCUT2D eigenvalue weighted by molar-refractivity contribution is 6.09. The lowest BCUT2D eigenvalue weighted by Gasteiger charge is -2.27. The Kier molecular flexibility index (Phi) is 3.85. The Bertz CT molecular complexity index is 969. The molecule has 1 atom stereocenters. The van der Waals surface area contributed by atoms with E-state index in [0.29, 0.717) is 16.8 Å². The number of carbonyl (C=O) groups is 1.